The highest BCUT2D eigenvalue weighted by Crippen LogP contribution is 2.36. The molecule has 2 heterocycles. The molecule has 0 radical (unpaired) electrons. The summed E-state index contributed by atoms with van der Waals surface area (Å²) in [5.41, 5.74) is 3.43. The Morgan fingerprint density at radius 3 is 2.89 bits per heavy atom. The fraction of sp³-hybridized carbons (Fsp3) is 0.267. The smallest absolute Gasteiger partial charge is 0.131 e. The molecule has 1 N–H and O–H groups in total. The second-order valence-corrected chi connectivity index (χ2v) is 4.85. The van der Waals surface area contributed by atoms with Crippen LogP contribution in [-0.4, -0.2) is 24.2 Å². The van der Waals surface area contributed by atoms with E-state index in [1.165, 1.54) is 0 Å². The zero-order valence-corrected chi connectivity index (χ0v) is 11.0. The van der Waals surface area contributed by atoms with Crippen LogP contribution in [0.25, 0.3) is 0 Å². The maximum absolute atomic E-state index is 10.6. The van der Waals surface area contributed by atoms with Gasteiger partial charge in [0.1, 0.15) is 18.5 Å². The predicted molar refractivity (Wildman–Crippen MR) is 73.4 cm³/mol. The van der Waals surface area contributed by atoms with Crippen LogP contribution in [-0.2, 0) is 6.61 Å². The second kappa shape index (κ2) is 4.55. The number of anilines is 1. The Morgan fingerprint density at radius 1 is 1.26 bits per heavy atom. The lowest BCUT2D eigenvalue weighted by Crippen LogP contribution is -2.10. The molecule has 1 aliphatic heterocycles. The third-order valence-corrected chi connectivity index (χ3v) is 3.39. The van der Waals surface area contributed by atoms with Crippen molar-refractivity contribution in [1.29, 1.82) is 0 Å². The van der Waals surface area contributed by atoms with Crippen molar-refractivity contribution >= 4 is 5.69 Å². The molecule has 1 atom stereocenters. The SMILES string of the molecule is CN(C)c1ccc2c(c1)C(O)c1cccnc1CO2. The number of hydrogen-bond acceptors (Lipinski definition) is 4. The monoisotopic (exact) mass is 256 g/mol. The number of aliphatic hydroxyl groups excluding tert-OH is 1. The van der Waals surface area contributed by atoms with Crippen molar-refractivity contribution < 1.29 is 9.84 Å². The molecule has 1 aromatic heterocycles. The Kier molecular flexibility index (Phi) is 2.87. The highest BCUT2D eigenvalue weighted by Gasteiger charge is 2.23. The molecular formula is C15H16N2O2. The van der Waals surface area contributed by atoms with E-state index in [4.69, 9.17) is 4.74 Å². The lowest BCUT2D eigenvalue weighted by molar-refractivity contribution is 0.218. The molecule has 0 fully saturated rings. The van der Waals surface area contributed by atoms with Gasteiger partial charge in [0, 0.05) is 37.1 Å². The van der Waals surface area contributed by atoms with Gasteiger partial charge in [0.25, 0.3) is 0 Å². The van der Waals surface area contributed by atoms with Crippen molar-refractivity contribution in [2.45, 2.75) is 12.7 Å². The summed E-state index contributed by atoms with van der Waals surface area (Å²) in [5, 5.41) is 10.6. The van der Waals surface area contributed by atoms with Crippen LogP contribution in [0.1, 0.15) is 22.9 Å². The van der Waals surface area contributed by atoms with Crippen molar-refractivity contribution in [1.82, 2.24) is 4.98 Å². The van der Waals surface area contributed by atoms with E-state index in [1.807, 2.05) is 49.3 Å². The third kappa shape index (κ3) is 2.04. The number of fused-ring (bicyclic) bond motifs is 2. The Hall–Kier alpha value is -2.07. The average Bonchev–Trinajstić information content (AvgIpc) is 2.57. The van der Waals surface area contributed by atoms with Crippen LogP contribution in [0.4, 0.5) is 5.69 Å². The molecule has 19 heavy (non-hydrogen) atoms. The number of aliphatic hydroxyl groups is 1. The van der Waals surface area contributed by atoms with Gasteiger partial charge >= 0.3 is 0 Å². The Morgan fingerprint density at radius 2 is 2.11 bits per heavy atom. The molecule has 0 spiro atoms. The van der Waals surface area contributed by atoms with E-state index in [0.717, 1.165) is 28.3 Å². The van der Waals surface area contributed by atoms with Crippen LogP contribution in [0.5, 0.6) is 5.75 Å². The number of rotatable bonds is 1. The van der Waals surface area contributed by atoms with E-state index in [9.17, 15) is 5.11 Å². The fourth-order valence-corrected chi connectivity index (χ4v) is 2.29. The first kappa shape index (κ1) is 12.0. The van der Waals surface area contributed by atoms with Gasteiger partial charge in [-0.25, -0.2) is 0 Å². The van der Waals surface area contributed by atoms with Crippen molar-refractivity contribution in [2.75, 3.05) is 19.0 Å². The van der Waals surface area contributed by atoms with Gasteiger partial charge in [-0.15, -0.1) is 0 Å². The second-order valence-electron chi connectivity index (χ2n) is 4.85. The Balaban J connectivity index is 2.13. The third-order valence-electron chi connectivity index (χ3n) is 3.39. The van der Waals surface area contributed by atoms with Gasteiger partial charge in [0.15, 0.2) is 0 Å². The largest absolute Gasteiger partial charge is 0.487 e. The van der Waals surface area contributed by atoms with Gasteiger partial charge in [0.05, 0.1) is 5.69 Å². The number of nitrogens with zero attached hydrogens (tertiary/aromatic N) is 2. The normalized spacial score (nSPS) is 16.9. The lowest BCUT2D eigenvalue weighted by Gasteiger charge is -2.17. The zero-order valence-electron chi connectivity index (χ0n) is 11.0. The molecule has 0 aliphatic carbocycles. The summed E-state index contributed by atoms with van der Waals surface area (Å²) in [5.74, 6) is 0.719. The maximum atomic E-state index is 10.6. The average molecular weight is 256 g/mol. The molecule has 4 heteroatoms. The van der Waals surface area contributed by atoms with E-state index in [1.54, 1.807) is 6.20 Å². The van der Waals surface area contributed by atoms with Gasteiger partial charge < -0.3 is 14.7 Å². The fourth-order valence-electron chi connectivity index (χ4n) is 2.29. The summed E-state index contributed by atoms with van der Waals surface area (Å²) >= 11 is 0. The highest BCUT2D eigenvalue weighted by atomic mass is 16.5. The zero-order chi connectivity index (χ0) is 13.4. The van der Waals surface area contributed by atoms with Gasteiger partial charge in [-0.1, -0.05) is 6.07 Å². The molecular weight excluding hydrogens is 240 g/mol. The quantitative estimate of drug-likeness (QED) is 0.849. The first-order valence-corrected chi connectivity index (χ1v) is 6.23. The highest BCUT2D eigenvalue weighted by molar-refractivity contribution is 5.55. The summed E-state index contributed by atoms with van der Waals surface area (Å²) in [4.78, 5) is 6.28. The molecule has 2 aromatic rings. The summed E-state index contributed by atoms with van der Waals surface area (Å²) in [6.45, 7) is 0.390. The van der Waals surface area contributed by atoms with Crippen LogP contribution in [0.3, 0.4) is 0 Å². The van der Waals surface area contributed by atoms with E-state index in [-0.39, 0.29) is 0 Å². The minimum Gasteiger partial charge on any atom is -0.487 e. The van der Waals surface area contributed by atoms with Crippen LogP contribution in [0.15, 0.2) is 36.5 Å². The molecule has 3 rings (SSSR count). The molecule has 0 bridgehead atoms. The number of pyridine rings is 1. The predicted octanol–water partition coefficient (Wildman–Crippen LogP) is 2.12. The summed E-state index contributed by atoms with van der Waals surface area (Å²) in [6, 6.07) is 9.58. The Bertz CT molecular complexity index is 611. The van der Waals surface area contributed by atoms with E-state index in [0.29, 0.717) is 6.61 Å². The van der Waals surface area contributed by atoms with E-state index >= 15 is 0 Å². The van der Waals surface area contributed by atoms with Gasteiger partial charge in [-0.3, -0.25) is 4.98 Å². The molecule has 0 saturated heterocycles. The first-order valence-electron chi connectivity index (χ1n) is 6.23. The van der Waals surface area contributed by atoms with Crippen molar-refractivity contribution in [3.05, 3.63) is 53.3 Å². The van der Waals surface area contributed by atoms with E-state index in [2.05, 4.69) is 4.98 Å². The molecule has 0 amide bonds. The number of ether oxygens (including phenoxy) is 1. The van der Waals surface area contributed by atoms with Crippen LogP contribution in [0, 0.1) is 0 Å². The first-order chi connectivity index (χ1) is 9.16. The minimum atomic E-state index is -0.693. The maximum Gasteiger partial charge on any atom is 0.131 e. The molecule has 1 aliphatic rings. The molecule has 1 unspecified atom stereocenters. The van der Waals surface area contributed by atoms with Gasteiger partial charge in [-0.2, -0.15) is 0 Å². The summed E-state index contributed by atoms with van der Waals surface area (Å²) in [7, 11) is 3.95. The topological polar surface area (TPSA) is 45.6 Å². The number of aromatic nitrogens is 1. The van der Waals surface area contributed by atoms with Gasteiger partial charge in [0.2, 0.25) is 0 Å². The molecule has 1 aromatic carbocycles. The van der Waals surface area contributed by atoms with Crippen LogP contribution >= 0.6 is 0 Å². The van der Waals surface area contributed by atoms with Crippen molar-refractivity contribution in [3.63, 3.8) is 0 Å². The van der Waals surface area contributed by atoms with Crippen LogP contribution < -0.4 is 9.64 Å². The molecule has 98 valence electrons. The van der Waals surface area contributed by atoms with Crippen molar-refractivity contribution in [3.8, 4) is 5.75 Å². The van der Waals surface area contributed by atoms with Crippen LogP contribution in [0.2, 0.25) is 0 Å². The van der Waals surface area contributed by atoms with E-state index < -0.39 is 6.10 Å². The number of benzene rings is 1. The summed E-state index contributed by atoms with van der Waals surface area (Å²) < 4.78 is 5.74. The van der Waals surface area contributed by atoms with Gasteiger partial charge in [-0.05, 0) is 24.3 Å². The molecule has 0 saturated carbocycles. The standard InChI is InChI=1S/C15H16N2O2/c1-17(2)10-5-6-14-12(8-10)15(18)11-4-3-7-16-13(11)9-19-14/h3-8,15,18H,9H2,1-2H3. The van der Waals surface area contributed by atoms with Crippen molar-refractivity contribution in [2.24, 2.45) is 0 Å². The lowest BCUT2D eigenvalue weighted by atomic mass is 10.00. The minimum absolute atomic E-state index is 0.390. The Labute approximate surface area is 112 Å². The summed E-state index contributed by atoms with van der Waals surface area (Å²) in [6.07, 6.45) is 1.02. The number of hydrogen-bond donors (Lipinski definition) is 1. The molecule has 4 nitrogen and oxygen atoms in total.